The normalized spacial score (nSPS) is 15.1. The summed E-state index contributed by atoms with van der Waals surface area (Å²) in [5.74, 6) is 0. The van der Waals surface area contributed by atoms with Gasteiger partial charge in [-0.05, 0) is 19.4 Å². The first kappa shape index (κ1) is 14.1. The van der Waals surface area contributed by atoms with E-state index < -0.39 is 11.7 Å². The van der Waals surface area contributed by atoms with Gasteiger partial charge in [0.2, 0.25) is 0 Å². The first-order valence-electron chi connectivity index (χ1n) is 4.59. The summed E-state index contributed by atoms with van der Waals surface area (Å²) in [6.07, 6.45) is -0.903. The maximum atomic E-state index is 12.5. The van der Waals surface area contributed by atoms with Crippen molar-refractivity contribution in [2.24, 2.45) is 0 Å². The third kappa shape index (κ3) is 3.25. The second-order valence-electron chi connectivity index (χ2n) is 3.45. The maximum Gasteiger partial charge on any atom is 2.00 e. The first-order valence-corrected chi connectivity index (χ1v) is 4.59. The van der Waals surface area contributed by atoms with Crippen LogP contribution >= 0.6 is 0 Å². The number of alkyl halides is 3. The Morgan fingerprint density at radius 1 is 1.29 bits per heavy atom. The largest absolute Gasteiger partial charge is 2.00 e. The molecule has 0 bridgehead atoms. The molecule has 0 unspecified atom stereocenters. The van der Waals surface area contributed by atoms with E-state index in [9.17, 15) is 13.2 Å². The van der Waals surface area contributed by atoms with E-state index in [-0.39, 0.29) is 21.1 Å². The molecular weight excluding hydrogens is 412 g/mol. The standard InChI is InChI=1S/C11H9F3N2.Pt/c1-15-5-6-16(8-15)10-4-2-3-9(7-10)11(12,13)14;/h2-3,5-8H,1H3;/q-2;+2. The molecule has 94 valence electrons. The average Bonchev–Trinajstić information content (AvgIpc) is 2.64. The van der Waals surface area contributed by atoms with E-state index in [0.717, 1.165) is 12.1 Å². The summed E-state index contributed by atoms with van der Waals surface area (Å²) in [4.78, 5) is 3.32. The first-order chi connectivity index (χ1) is 7.47. The summed E-state index contributed by atoms with van der Waals surface area (Å²) in [5, 5.41) is 0. The van der Waals surface area contributed by atoms with Gasteiger partial charge >= 0.3 is 27.2 Å². The van der Waals surface area contributed by atoms with Gasteiger partial charge in [-0.2, -0.15) is 38.0 Å². The van der Waals surface area contributed by atoms with Crippen LogP contribution in [0.25, 0.3) is 0 Å². The van der Waals surface area contributed by atoms with Gasteiger partial charge in [-0.1, -0.05) is 5.56 Å². The average molecular weight is 421 g/mol. The predicted molar refractivity (Wildman–Crippen MR) is 54.0 cm³/mol. The van der Waals surface area contributed by atoms with Crippen molar-refractivity contribution in [3.63, 3.8) is 0 Å². The van der Waals surface area contributed by atoms with Crippen molar-refractivity contribution in [2.75, 3.05) is 11.9 Å². The number of rotatable bonds is 1. The number of anilines is 1. The van der Waals surface area contributed by atoms with Crippen molar-refractivity contribution in [1.82, 2.24) is 4.90 Å². The molecule has 0 saturated heterocycles. The van der Waals surface area contributed by atoms with Crippen LogP contribution in [0.5, 0.6) is 0 Å². The molecule has 1 aromatic carbocycles. The van der Waals surface area contributed by atoms with E-state index in [1.807, 2.05) is 0 Å². The smallest absolute Gasteiger partial charge is 0.510 e. The monoisotopic (exact) mass is 421 g/mol. The van der Waals surface area contributed by atoms with Crippen LogP contribution in [-0.2, 0) is 27.2 Å². The van der Waals surface area contributed by atoms with Crippen LogP contribution in [-0.4, -0.2) is 11.9 Å². The molecule has 0 aromatic heterocycles. The Hall–Kier alpha value is -0.962. The Bertz CT molecular complexity index is 417. The van der Waals surface area contributed by atoms with E-state index in [4.69, 9.17) is 0 Å². The molecule has 1 heterocycles. The van der Waals surface area contributed by atoms with Crippen molar-refractivity contribution in [3.05, 3.63) is 48.9 Å². The van der Waals surface area contributed by atoms with Crippen LogP contribution in [0.1, 0.15) is 5.56 Å². The molecule has 0 fully saturated rings. The molecule has 17 heavy (non-hydrogen) atoms. The molecule has 0 atom stereocenters. The zero-order valence-corrected chi connectivity index (χ0v) is 11.1. The third-order valence-corrected chi connectivity index (χ3v) is 2.16. The molecule has 0 N–H and O–H groups in total. The SMILES string of the molecule is CN1C=CN(c2[c-]ccc(C(F)(F)F)c2)[CH-]1.[Pt+2]. The summed E-state index contributed by atoms with van der Waals surface area (Å²) in [6.45, 7) is 1.67. The van der Waals surface area contributed by atoms with Gasteiger partial charge in [0.05, 0.1) is 0 Å². The van der Waals surface area contributed by atoms with Crippen molar-refractivity contribution in [3.8, 4) is 0 Å². The van der Waals surface area contributed by atoms with E-state index >= 15 is 0 Å². The van der Waals surface area contributed by atoms with Gasteiger partial charge in [0.1, 0.15) is 0 Å². The fourth-order valence-electron chi connectivity index (χ4n) is 1.37. The van der Waals surface area contributed by atoms with Gasteiger partial charge in [0, 0.05) is 0 Å². The Balaban J connectivity index is 0.00000144. The summed E-state index contributed by atoms with van der Waals surface area (Å²) in [7, 11) is 1.80. The van der Waals surface area contributed by atoms with Crippen molar-refractivity contribution < 1.29 is 34.2 Å². The minimum Gasteiger partial charge on any atom is -0.510 e. The molecule has 0 radical (unpaired) electrons. The minimum atomic E-state index is -4.32. The van der Waals surface area contributed by atoms with Gasteiger partial charge < -0.3 is 9.80 Å². The Morgan fingerprint density at radius 3 is 2.53 bits per heavy atom. The quantitative estimate of drug-likeness (QED) is 0.644. The summed E-state index contributed by atoms with van der Waals surface area (Å²) < 4.78 is 37.4. The predicted octanol–water partition coefficient (Wildman–Crippen LogP) is 2.85. The molecule has 2 nitrogen and oxygen atoms in total. The molecular formula is C11H9F3N2Pt. The topological polar surface area (TPSA) is 6.48 Å². The number of halogens is 3. The van der Waals surface area contributed by atoms with Crippen molar-refractivity contribution >= 4 is 5.69 Å². The minimum absolute atomic E-state index is 0. The summed E-state index contributed by atoms with van der Waals surface area (Å²) in [5.41, 5.74) is -0.298. The molecule has 1 aliphatic rings. The van der Waals surface area contributed by atoms with Crippen LogP contribution in [0.2, 0.25) is 0 Å². The second-order valence-corrected chi connectivity index (χ2v) is 3.45. The fourth-order valence-corrected chi connectivity index (χ4v) is 1.37. The molecule has 6 heteroatoms. The number of benzene rings is 1. The Kier molecular flexibility index (Phi) is 4.25. The van der Waals surface area contributed by atoms with Crippen LogP contribution in [0, 0.1) is 12.7 Å². The van der Waals surface area contributed by atoms with E-state index in [2.05, 4.69) is 6.07 Å². The van der Waals surface area contributed by atoms with E-state index in [1.165, 1.54) is 6.07 Å². The zero-order valence-electron chi connectivity index (χ0n) is 8.81. The maximum absolute atomic E-state index is 12.5. The van der Waals surface area contributed by atoms with Gasteiger partial charge in [-0.15, -0.1) is 11.8 Å². The van der Waals surface area contributed by atoms with Crippen LogP contribution in [0.15, 0.2) is 30.6 Å². The molecule has 1 aromatic rings. The Labute approximate surface area is 112 Å². The molecule has 0 amide bonds. The number of nitrogens with zero attached hydrogens (tertiary/aromatic N) is 2. The summed E-state index contributed by atoms with van der Waals surface area (Å²) >= 11 is 0. The molecule has 2 rings (SSSR count). The van der Waals surface area contributed by atoms with Gasteiger partial charge in [0.25, 0.3) is 0 Å². The van der Waals surface area contributed by atoms with Gasteiger partial charge in [0.15, 0.2) is 0 Å². The summed E-state index contributed by atoms with van der Waals surface area (Å²) in [6, 6.07) is 6.11. The third-order valence-electron chi connectivity index (χ3n) is 2.16. The van der Waals surface area contributed by atoms with E-state index in [1.54, 1.807) is 35.9 Å². The molecule has 0 spiro atoms. The number of hydrogen-bond donors (Lipinski definition) is 0. The van der Waals surface area contributed by atoms with Gasteiger partial charge in [-0.25, -0.2) is 0 Å². The second kappa shape index (κ2) is 5.13. The van der Waals surface area contributed by atoms with Crippen LogP contribution in [0.4, 0.5) is 18.9 Å². The fraction of sp³-hybridized carbons (Fsp3) is 0.182. The van der Waals surface area contributed by atoms with Crippen molar-refractivity contribution in [2.45, 2.75) is 6.18 Å². The van der Waals surface area contributed by atoms with Gasteiger partial charge in [-0.3, -0.25) is 0 Å². The zero-order chi connectivity index (χ0) is 11.8. The number of hydrogen-bond acceptors (Lipinski definition) is 2. The van der Waals surface area contributed by atoms with Crippen LogP contribution < -0.4 is 4.90 Å². The Morgan fingerprint density at radius 2 is 2.00 bits per heavy atom. The molecule has 0 saturated carbocycles. The van der Waals surface area contributed by atoms with Crippen LogP contribution in [0.3, 0.4) is 0 Å². The van der Waals surface area contributed by atoms with Crippen molar-refractivity contribution in [1.29, 1.82) is 0 Å². The van der Waals surface area contributed by atoms with E-state index in [0.29, 0.717) is 5.69 Å². The molecule has 0 aliphatic carbocycles. The molecule has 1 aliphatic heterocycles.